The van der Waals surface area contributed by atoms with Gasteiger partial charge in [0.15, 0.2) is 17.4 Å². The molecular weight excluding hydrogens is 381 g/mol. The number of benzene rings is 1. The Labute approximate surface area is 175 Å². The first kappa shape index (κ1) is 18.8. The average molecular weight is 405 g/mol. The highest BCUT2D eigenvalue weighted by Gasteiger charge is 2.26. The first-order chi connectivity index (χ1) is 14.7. The largest absolute Gasteiger partial charge is 0.494 e. The maximum absolute atomic E-state index is 14.1. The molecule has 6 nitrogen and oxygen atoms in total. The Kier molecular flexibility index (Phi) is 4.94. The summed E-state index contributed by atoms with van der Waals surface area (Å²) >= 11 is 0. The van der Waals surface area contributed by atoms with E-state index in [4.69, 9.17) is 14.7 Å². The van der Waals surface area contributed by atoms with Crippen LogP contribution in [0.2, 0.25) is 0 Å². The zero-order valence-corrected chi connectivity index (χ0v) is 17.0. The molecule has 0 spiro atoms. The van der Waals surface area contributed by atoms with Crippen molar-refractivity contribution >= 4 is 11.5 Å². The van der Waals surface area contributed by atoms with Gasteiger partial charge in [-0.1, -0.05) is 0 Å². The van der Waals surface area contributed by atoms with Crippen LogP contribution in [-0.2, 0) is 12.8 Å². The summed E-state index contributed by atoms with van der Waals surface area (Å²) < 4.78 is 19.2. The number of anilines is 2. The molecule has 0 saturated carbocycles. The summed E-state index contributed by atoms with van der Waals surface area (Å²) in [5.41, 5.74) is 4.34. The maximum Gasteiger partial charge on any atom is 0.167 e. The number of piperazine rings is 1. The zero-order valence-electron chi connectivity index (χ0n) is 17.0. The summed E-state index contributed by atoms with van der Waals surface area (Å²) in [4.78, 5) is 18.5. The van der Waals surface area contributed by atoms with Crippen molar-refractivity contribution in [2.24, 2.45) is 0 Å². The van der Waals surface area contributed by atoms with Gasteiger partial charge in [-0.05, 0) is 43.5 Å². The number of halogens is 1. The summed E-state index contributed by atoms with van der Waals surface area (Å²) in [7, 11) is 1.48. The Hall–Kier alpha value is -3.22. The van der Waals surface area contributed by atoms with E-state index in [0.29, 0.717) is 0 Å². The molecule has 7 heteroatoms. The van der Waals surface area contributed by atoms with Crippen LogP contribution >= 0.6 is 0 Å². The molecule has 2 aromatic heterocycles. The van der Waals surface area contributed by atoms with Gasteiger partial charge in [-0.3, -0.25) is 4.98 Å². The fourth-order valence-electron chi connectivity index (χ4n) is 4.33. The molecule has 0 radical (unpaired) electrons. The third kappa shape index (κ3) is 3.44. The zero-order chi connectivity index (χ0) is 20.5. The van der Waals surface area contributed by atoms with Crippen molar-refractivity contribution in [1.82, 2.24) is 15.0 Å². The number of hydrogen-bond acceptors (Lipinski definition) is 6. The predicted octanol–water partition coefficient (Wildman–Crippen LogP) is 3.50. The number of nitrogens with zero attached hydrogens (tertiary/aromatic N) is 5. The highest BCUT2D eigenvalue weighted by atomic mass is 19.1. The van der Waals surface area contributed by atoms with Crippen molar-refractivity contribution in [3.63, 3.8) is 0 Å². The minimum atomic E-state index is -0.326. The minimum absolute atomic E-state index is 0.276. The van der Waals surface area contributed by atoms with Gasteiger partial charge in [-0.15, -0.1) is 0 Å². The van der Waals surface area contributed by atoms with Gasteiger partial charge in [0.05, 0.1) is 7.11 Å². The second-order valence-electron chi connectivity index (χ2n) is 7.68. The molecule has 0 amide bonds. The molecule has 0 unspecified atom stereocenters. The molecule has 1 aliphatic carbocycles. The molecule has 154 valence electrons. The normalized spacial score (nSPS) is 15.9. The number of methoxy groups -OCH3 is 1. The van der Waals surface area contributed by atoms with E-state index < -0.39 is 0 Å². The summed E-state index contributed by atoms with van der Waals surface area (Å²) in [6.07, 6.45) is 6.72. The van der Waals surface area contributed by atoms with Gasteiger partial charge in [0, 0.05) is 67.1 Å². The van der Waals surface area contributed by atoms with E-state index >= 15 is 0 Å². The molecule has 2 aliphatic rings. The molecule has 0 atom stereocenters. The molecule has 3 aromatic rings. The van der Waals surface area contributed by atoms with Crippen molar-refractivity contribution in [2.45, 2.75) is 19.3 Å². The summed E-state index contributed by atoms with van der Waals surface area (Å²) in [5, 5.41) is 0. The van der Waals surface area contributed by atoms with Crippen LogP contribution < -0.4 is 14.5 Å². The number of hydrogen-bond donors (Lipinski definition) is 0. The van der Waals surface area contributed by atoms with Crippen LogP contribution in [0.25, 0.3) is 11.4 Å². The SMILES string of the molecule is COc1ccc(N2CCN(c3nc(-c4ccncc4)nc4c3CCC4)CC2)cc1F. The summed E-state index contributed by atoms with van der Waals surface area (Å²) in [6, 6.07) is 9.07. The minimum Gasteiger partial charge on any atom is -0.494 e. The smallest absolute Gasteiger partial charge is 0.167 e. The topological polar surface area (TPSA) is 54.4 Å². The van der Waals surface area contributed by atoms with Crippen molar-refractivity contribution in [3.8, 4) is 17.1 Å². The number of fused-ring (bicyclic) bond motifs is 1. The molecule has 30 heavy (non-hydrogen) atoms. The quantitative estimate of drug-likeness (QED) is 0.662. The number of pyridine rings is 1. The van der Waals surface area contributed by atoms with Gasteiger partial charge < -0.3 is 14.5 Å². The lowest BCUT2D eigenvalue weighted by atomic mass is 10.1. The van der Waals surface area contributed by atoms with Crippen molar-refractivity contribution < 1.29 is 9.13 Å². The highest BCUT2D eigenvalue weighted by Crippen LogP contribution is 2.32. The third-order valence-electron chi connectivity index (χ3n) is 5.93. The molecule has 1 aliphatic heterocycles. The molecule has 1 fully saturated rings. The van der Waals surface area contributed by atoms with Gasteiger partial charge in [-0.2, -0.15) is 0 Å². The fourth-order valence-corrected chi connectivity index (χ4v) is 4.33. The van der Waals surface area contributed by atoms with Crippen LogP contribution in [0.4, 0.5) is 15.9 Å². The van der Waals surface area contributed by atoms with E-state index in [1.165, 1.54) is 18.4 Å². The molecule has 5 rings (SSSR count). The summed E-state index contributed by atoms with van der Waals surface area (Å²) in [6.45, 7) is 3.31. The van der Waals surface area contributed by atoms with Crippen LogP contribution in [0.3, 0.4) is 0 Å². The van der Waals surface area contributed by atoms with Crippen LogP contribution in [0, 0.1) is 5.82 Å². The van der Waals surface area contributed by atoms with Crippen LogP contribution in [0.15, 0.2) is 42.7 Å². The van der Waals surface area contributed by atoms with Crippen molar-refractivity contribution in [2.75, 3.05) is 43.1 Å². The monoisotopic (exact) mass is 405 g/mol. The van der Waals surface area contributed by atoms with Crippen LogP contribution in [-0.4, -0.2) is 48.2 Å². The van der Waals surface area contributed by atoms with Gasteiger partial charge in [-0.25, -0.2) is 14.4 Å². The second-order valence-corrected chi connectivity index (χ2v) is 7.68. The standard InChI is InChI=1S/C23H24FN5O/c1-30-21-6-5-17(15-19(21)24)28-11-13-29(14-12-28)23-18-3-2-4-20(18)26-22(27-23)16-7-9-25-10-8-16/h5-10,15H,2-4,11-14H2,1H3. The van der Waals surface area contributed by atoms with Crippen LogP contribution in [0.1, 0.15) is 17.7 Å². The molecule has 3 heterocycles. The number of aromatic nitrogens is 3. The molecule has 0 N–H and O–H groups in total. The molecule has 0 bridgehead atoms. The number of aryl methyl sites for hydroxylation is 1. The van der Waals surface area contributed by atoms with Crippen molar-refractivity contribution in [1.29, 1.82) is 0 Å². The van der Waals surface area contributed by atoms with Gasteiger partial charge in [0.2, 0.25) is 0 Å². The Balaban J connectivity index is 1.38. The van der Waals surface area contributed by atoms with E-state index in [9.17, 15) is 4.39 Å². The molecule has 1 saturated heterocycles. The number of rotatable bonds is 4. The summed E-state index contributed by atoms with van der Waals surface area (Å²) in [5.74, 6) is 1.78. The fraction of sp³-hybridized carbons (Fsp3) is 0.348. The molecular formula is C23H24FN5O. The lowest BCUT2D eigenvalue weighted by Crippen LogP contribution is -2.47. The number of ether oxygens (including phenoxy) is 1. The van der Waals surface area contributed by atoms with Gasteiger partial charge >= 0.3 is 0 Å². The Morgan fingerprint density at radius 1 is 0.933 bits per heavy atom. The van der Waals surface area contributed by atoms with Gasteiger partial charge in [0.25, 0.3) is 0 Å². The third-order valence-corrected chi connectivity index (χ3v) is 5.93. The lowest BCUT2D eigenvalue weighted by molar-refractivity contribution is 0.386. The van der Waals surface area contributed by atoms with E-state index in [-0.39, 0.29) is 11.6 Å². The van der Waals surface area contributed by atoms with Crippen LogP contribution in [0.5, 0.6) is 5.75 Å². The average Bonchev–Trinajstić information content (AvgIpc) is 3.28. The highest BCUT2D eigenvalue weighted by molar-refractivity contribution is 5.62. The predicted molar refractivity (Wildman–Crippen MR) is 115 cm³/mol. The van der Waals surface area contributed by atoms with Crippen molar-refractivity contribution in [3.05, 3.63) is 59.8 Å². The first-order valence-electron chi connectivity index (χ1n) is 10.4. The maximum atomic E-state index is 14.1. The Bertz CT molecular complexity index is 1050. The molecule has 1 aromatic carbocycles. The van der Waals surface area contributed by atoms with E-state index in [1.807, 2.05) is 18.2 Å². The Morgan fingerprint density at radius 2 is 1.70 bits per heavy atom. The van der Waals surface area contributed by atoms with Gasteiger partial charge in [0.1, 0.15) is 5.82 Å². The lowest BCUT2D eigenvalue weighted by Gasteiger charge is -2.37. The van der Waals surface area contributed by atoms with E-state index in [0.717, 1.165) is 68.3 Å². The van der Waals surface area contributed by atoms with E-state index in [1.54, 1.807) is 24.5 Å². The Morgan fingerprint density at radius 3 is 2.43 bits per heavy atom. The van der Waals surface area contributed by atoms with E-state index in [2.05, 4.69) is 14.8 Å². The second kappa shape index (κ2) is 7.89. The first-order valence-corrected chi connectivity index (χ1v) is 10.4.